The van der Waals surface area contributed by atoms with Crippen molar-refractivity contribution in [2.24, 2.45) is 0 Å². The first kappa shape index (κ1) is 21.0. The van der Waals surface area contributed by atoms with Gasteiger partial charge < -0.3 is 10.6 Å². The van der Waals surface area contributed by atoms with Crippen LogP contribution in [0.2, 0.25) is 0 Å². The van der Waals surface area contributed by atoms with Gasteiger partial charge >= 0.3 is 21.1 Å². The monoisotopic (exact) mass is 298 g/mol. The van der Waals surface area contributed by atoms with Gasteiger partial charge in [0.15, 0.2) is 0 Å². The van der Waals surface area contributed by atoms with Gasteiger partial charge in [-0.05, 0) is 0 Å². The summed E-state index contributed by atoms with van der Waals surface area (Å²) < 4.78 is 0. The fourth-order valence-corrected chi connectivity index (χ4v) is 1.19. The zero-order valence-electron chi connectivity index (χ0n) is 11.6. The SMILES string of the molecule is CC(C)[N-]C(C)C.CC(C)[N-]C(C)C.[Mo+2]. The van der Waals surface area contributed by atoms with Crippen LogP contribution in [-0.4, -0.2) is 24.2 Å². The second-order valence-corrected chi connectivity index (χ2v) is 4.67. The molecule has 0 N–H and O–H groups in total. The van der Waals surface area contributed by atoms with E-state index >= 15 is 0 Å². The summed E-state index contributed by atoms with van der Waals surface area (Å²) in [5.74, 6) is 0. The first-order valence-electron chi connectivity index (χ1n) is 5.65. The zero-order valence-corrected chi connectivity index (χ0v) is 13.6. The van der Waals surface area contributed by atoms with E-state index in [1.54, 1.807) is 0 Å². The predicted octanol–water partition coefficient (Wildman–Crippen LogP) is 4.35. The number of rotatable bonds is 4. The van der Waals surface area contributed by atoms with Gasteiger partial charge in [-0.1, -0.05) is 55.4 Å². The molecule has 0 radical (unpaired) electrons. The van der Waals surface area contributed by atoms with Gasteiger partial charge in [0.2, 0.25) is 0 Å². The Morgan fingerprint density at radius 1 is 0.467 bits per heavy atom. The Labute approximate surface area is 111 Å². The first-order chi connectivity index (χ1) is 6.25. The summed E-state index contributed by atoms with van der Waals surface area (Å²) in [7, 11) is 0. The summed E-state index contributed by atoms with van der Waals surface area (Å²) in [5.41, 5.74) is 0. The Morgan fingerprint density at radius 2 is 0.600 bits per heavy atom. The molecule has 0 aromatic heterocycles. The maximum Gasteiger partial charge on any atom is 2.00 e. The summed E-state index contributed by atoms with van der Waals surface area (Å²) in [4.78, 5) is 0. The molecule has 0 aliphatic rings. The van der Waals surface area contributed by atoms with Gasteiger partial charge in [0, 0.05) is 0 Å². The van der Waals surface area contributed by atoms with E-state index < -0.39 is 0 Å². The summed E-state index contributed by atoms with van der Waals surface area (Å²) >= 11 is 0. The second kappa shape index (κ2) is 12.7. The maximum atomic E-state index is 4.28. The number of nitrogens with zero attached hydrogens (tertiary/aromatic N) is 2. The van der Waals surface area contributed by atoms with Gasteiger partial charge in [0.1, 0.15) is 0 Å². The van der Waals surface area contributed by atoms with Crippen LogP contribution in [0.25, 0.3) is 10.6 Å². The van der Waals surface area contributed by atoms with E-state index in [-0.39, 0.29) is 21.1 Å². The average Bonchev–Trinajstić information content (AvgIpc) is 1.79. The molecule has 0 spiro atoms. The fraction of sp³-hybridized carbons (Fsp3) is 1.00. The quantitative estimate of drug-likeness (QED) is 0.690. The van der Waals surface area contributed by atoms with Crippen LogP contribution in [0.5, 0.6) is 0 Å². The van der Waals surface area contributed by atoms with Crippen molar-refractivity contribution >= 4 is 0 Å². The van der Waals surface area contributed by atoms with Crippen LogP contribution < -0.4 is 0 Å². The molecule has 0 atom stereocenters. The molecule has 0 amide bonds. The Hall–Kier alpha value is 0.608. The third kappa shape index (κ3) is 31.3. The molecule has 0 saturated carbocycles. The fourth-order valence-electron chi connectivity index (χ4n) is 1.19. The second-order valence-electron chi connectivity index (χ2n) is 4.67. The third-order valence-electron chi connectivity index (χ3n) is 1.19. The van der Waals surface area contributed by atoms with Crippen molar-refractivity contribution in [3.63, 3.8) is 0 Å². The first-order valence-corrected chi connectivity index (χ1v) is 5.65. The molecule has 15 heavy (non-hydrogen) atoms. The van der Waals surface area contributed by atoms with Gasteiger partial charge in [0.25, 0.3) is 0 Å². The van der Waals surface area contributed by atoms with Crippen molar-refractivity contribution < 1.29 is 21.1 Å². The standard InChI is InChI=1S/2C6H14N.Mo/c2*1-5(2)7-6(3)4;/h2*5-6H,1-4H3;/q2*-1;+2. The zero-order chi connectivity index (χ0) is 11.7. The molecule has 0 bridgehead atoms. The summed E-state index contributed by atoms with van der Waals surface area (Å²) in [5, 5.41) is 8.56. The average molecular weight is 296 g/mol. The molecule has 0 aliphatic carbocycles. The Bertz CT molecular complexity index is 86.2. The van der Waals surface area contributed by atoms with Crippen molar-refractivity contribution in [3.8, 4) is 0 Å². The third-order valence-corrected chi connectivity index (χ3v) is 1.19. The van der Waals surface area contributed by atoms with E-state index in [9.17, 15) is 0 Å². The van der Waals surface area contributed by atoms with Gasteiger partial charge in [0.05, 0.1) is 0 Å². The minimum Gasteiger partial charge on any atom is -0.658 e. The molecule has 0 aromatic rings. The molecule has 0 rings (SSSR count). The van der Waals surface area contributed by atoms with Gasteiger partial charge in [-0.2, -0.15) is 0 Å². The number of hydrogen-bond donors (Lipinski definition) is 0. The largest absolute Gasteiger partial charge is 2.00 e. The van der Waals surface area contributed by atoms with Crippen molar-refractivity contribution in [1.82, 2.24) is 0 Å². The molecular formula is C12H28MoN2. The molecule has 0 fully saturated rings. The molecule has 3 heteroatoms. The summed E-state index contributed by atoms with van der Waals surface area (Å²) in [6.45, 7) is 16.8. The molecule has 0 heterocycles. The van der Waals surface area contributed by atoms with E-state index in [0.717, 1.165) is 0 Å². The molecule has 2 nitrogen and oxygen atoms in total. The van der Waals surface area contributed by atoms with E-state index in [4.69, 9.17) is 0 Å². The van der Waals surface area contributed by atoms with Crippen molar-refractivity contribution in [1.29, 1.82) is 0 Å². The number of hydrogen-bond acceptors (Lipinski definition) is 0. The van der Waals surface area contributed by atoms with E-state index in [2.05, 4.69) is 66.0 Å². The van der Waals surface area contributed by atoms with E-state index in [1.165, 1.54) is 0 Å². The summed E-state index contributed by atoms with van der Waals surface area (Å²) in [6.07, 6.45) is 0. The van der Waals surface area contributed by atoms with Crippen molar-refractivity contribution in [2.75, 3.05) is 0 Å². The van der Waals surface area contributed by atoms with Gasteiger partial charge in [-0.25, -0.2) is 0 Å². The van der Waals surface area contributed by atoms with Crippen molar-refractivity contribution in [3.05, 3.63) is 10.6 Å². The van der Waals surface area contributed by atoms with Gasteiger partial charge in [-0.15, -0.1) is 24.2 Å². The van der Waals surface area contributed by atoms with Crippen LogP contribution in [0, 0.1) is 0 Å². The molecule has 0 aromatic carbocycles. The Morgan fingerprint density at radius 3 is 0.600 bits per heavy atom. The molecular weight excluding hydrogens is 268 g/mol. The van der Waals surface area contributed by atoms with Crippen LogP contribution in [0.4, 0.5) is 0 Å². The summed E-state index contributed by atoms with van der Waals surface area (Å²) in [6, 6.07) is 2.00. The minimum atomic E-state index is 0. The van der Waals surface area contributed by atoms with Crippen LogP contribution in [0.15, 0.2) is 0 Å². The van der Waals surface area contributed by atoms with E-state index in [1.807, 2.05) is 0 Å². The van der Waals surface area contributed by atoms with Gasteiger partial charge in [-0.3, -0.25) is 0 Å². The van der Waals surface area contributed by atoms with E-state index in [0.29, 0.717) is 24.2 Å². The molecule has 0 aliphatic heterocycles. The molecule has 0 unspecified atom stereocenters. The Balaban J connectivity index is -0.000000180. The van der Waals surface area contributed by atoms with Crippen LogP contribution in [0.3, 0.4) is 0 Å². The normalized spacial score (nSPS) is 10.4. The predicted molar refractivity (Wildman–Crippen MR) is 67.3 cm³/mol. The molecule has 92 valence electrons. The van der Waals surface area contributed by atoms with Crippen molar-refractivity contribution in [2.45, 2.75) is 79.6 Å². The Kier molecular flexibility index (Phi) is 17.7. The van der Waals surface area contributed by atoms with Crippen LogP contribution in [0.1, 0.15) is 55.4 Å². The maximum absolute atomic E-state index is 4.28. The molecule has 0 saturated heterocycles. The smallest absolute Gasteiger partial charge is 0.658 e. The van der Waals surface area contributed by atoms with Crippen LogP contribution in [-0.2, 0) is 21.1 Å². The minimum absolute atomic E-state index is 0. The topological polar surface area (TPSA) is 28.2 Å². The van der Waals surface area contributed by atoms with Crippen LogP contribution >= 0.6 is 0 Å².